The van der Waals surface area contributed by atoms with Gasteiger partial charge in [0.05, 0.1) is 96.3 Å². The van der Waals surface area contributed by atoms with Gasteiger partial charge in [0.2, 0.25) is 11.6 Å². The minimum absolute atomic E-state index is 0.0103. The van der Waals surface area contributed by atoms with E-state index in [0.29, 0.717) is 13.0 Å². The lowest BCUT2D eigenvalue weighted by Crippen LogP contribution is -2.67. The number of nitrogens with zero attached hydrogens (tertiary/aromatic N) is 2. The molecule has 0 aromatic heterocycles. The zero-order valence-electron chi connectivity index (χ0n) is 45.2. The van der Waals surface area contributed by atoms with E-state index in [1.165, 1.54) is 64.5 Å². The minimum atomic E-state index is -2.46. The van der Waals surface area contributed by atoms with Gasteiger partial charge in [-0.25, -0.2) is 5.43 Å². The quantitative estimate of drug-likeness (QED) is 0.0536. The molecule has 2 saturated heterocycles. The van der Waals surface area contributed by atoms with E-state index < -0.39 is 191 Å². The Hall–Kier alpha value is -7.24. The van der Waals surface area contributed by atoms with Gasteiger partial charge in [0.25, 0.3) is 0 Å². The molecule has 0 amide bonds. The van der Waals surface area contributed by atoms with Crippen molar-refractivity contribution >= 4 is 34.7 Å². The lowest BCUT2D eigenvalue weighted by molar-refractivity contribution is -0.283. The van der Waals surface area contributed by atoms with Crippen molar-refractivity contribution in [2.75, 3.05) is 34.0 Å². The second kappa shape index (κ2) is 21.4. The van der Waals surface area contributed by atoms with E-state index in [0.717, 1.165) is 0 Å². The highest BCUT2D eigenvalue weighted by molar-refractivity contribution is 6.32. The molecule has 25 nitrogen and oxygen atoms in total. The van der Waals surface area contributed by atoms with Gasteiger partial charge in [-0.05, 0) is 32.4 Å². The minimum Gasteiger partial charge on any atom is -0.507 e. The molecule has 3 aliphatic heterocycles. The summed E-state index contributed by atoms with van der Waals surface area (Å²) < 4.78 is 36.2. The Labute approximate surface area is 472 Å². The van der Waals surface area contributed by atoms with E-state index in [1.807, 2.05) is 6.08 Å². The van der Waals surface area contributed by atoms with Crippen molar-refractivity contribution in [3.05, 3.63) is 115 Å². The van der Waals surface area contributed by atoms with Crippen molar-refractivity contribution in [1.82, 2.24) is 15.6 Å². The van der Waals surface area contributed by atoms with Gasteiger partial charge in [-0.15, -0.1) is 0 Å². The van der Waals surface area contributed by atoms with Gasteiger partial charge >= 0.3 is 0 Å². The molecule has 2 fully saturated rings. The lowest BCUT2D eigenvalue weighted by Gasteiger charge is -2.50. The highest BCUT2D eigenvalue weighted by Gasteiger charge is 2.54. The van der Waals surface area contributed by atoms with E-state index in [2.05, 4.69) is 5.43 Å². The molecule has 3 heterocycles. The number of rotatable bonds is 14. The number of hydrazine groups is 2. The molecule has 11 N–H and O–H groups in total. The largest absolute Gasteiger partial charge is 0.507 e. The molecule has 7 aliphatic rings. The number of hydrogen-bond donors (Lipinski definition) is 11. The first-order valence-electron chi connectivity index (χ1n) is 26.9. The maximum absolute atomic E-state index is 14.3. The topological polar surface area (TPSA) is 379 Å². The average Bonchev–Trinajstić information content (AvgIpc) is 2.39. The number of nitrogens with one attached hydrogen (secondary N) is 1. The number of phenols is 4. The summed E-state index contributed by atoms with van der Waals surface area (Å²) in [7, 11) is 2.56. The van der Waals surface area contributed by atoms with Crippen LogP contribution in [0.2, 0.25) is 0 Å². The third kappa shape index (κ3) is 9.17. The van der Waals surface area contributed by atoms with Crippen molar-refractivity contribution in [2.45, 2.75) is 131 Å². The van der Waals surface area contributed by atoms with Crippen molar-refractivity contribution in [3.63, 3.8) is 0 Å². The summed E-state index contributed by atoms with van der Waals surface area (Å²) in [6.45, 7) is 1.08. The van der Waals surface area contributed by atoms with Crippen LogP contribution in [-0.2, 0) is 41.4 Å². The number of phenolic OH excluding ortho intramolecular Hbond substituents is 4. The molecule has 12 atom stereocenters. The molecule has 25 heteroatoms. The number of aromatic hydroxyl groups is 4. The summed E-state index contributed by atoms with van der Waals surface area (Å²) in [5, 5.41) is 119. The number of fused-ring (bicyclic) bond motifs is 6. The number of methoxy groups -OCH3 is 2. The summed E-state index contributed by atoms with van der Waals surface area (Å²) in [6.07, 6.45) is -10.0. The first kappa shape index (κ1) is 57.6. The molecule has 8 unspecified atom stereocenters. The molecule has 440 valence electrons. The normalized spacial score (nSPS) is 29.8. The number of aliphatic hydroxyl groups is 6. The maximum Gasteiger partial charge on any atom is 0.202 e. The van der Waals surface area contributed by atoms with Crippen LogP contribution in [0, 0.1) is 0 Å². The molecule has 0 bridgehead atoms. The summed E-state index contributed by atoms with van der Waals surface area (Å²) in [6, 6.07) is 6.37. The van der Waals surface area contributed by atoms with Crippen molar-refractivity contribution in [2.24, 2.45) is 0 Å². The van der Waals surface area contributed by atoms with Crippen LogP contribution < -0.4 is 14.9 Å². The van der Waals surface area contributed by atoms with Gasteiger partial charge in [-0.3, -0.25) is 33.8 Å². The summed E-state index contributed by atoms with van der Waals surface area (Å²) >= 11 is 0. The smallest absolute Gasteiger partial charge is 0.202 e. The molecule has 11 rings (SSSR count). The number of carbonyl (C=O) groups is 6. The maximum atomic E-state index is 14.3. The Kier molecular flexibility index (Phi) is 14.9. The van der Waals surface area contributed by atoms with E-state index in [4.69, 9.17) is 28.4 Å². The van der Waals surface area contributed by atoms with Gasteiger partial charge < -0.3 is 79.5 Å². The van der Waals surface area contributed by atoms with E-state index in [9.17, 15) is 79.8 Å². The number of hydrogen-bond acceptors (Lipinski definition) is 25. The van der Waals surface area contributed by atoms with Crippen molar-refractivity contribution in [1.29, 1.82) is 0 Å². The number of ketones is 6. The van der Waals surface area contributed by atoms with Crippen LogP contribution in [0.5, 0.6) is 34.5 Å². The lowest BCUT2D eigenvalue weighted by atomic mass is 9.72. The van der Waals surface area contributed by atoms with Gasteiger partial charge in [-0.1, -0.05) is 30.3 Å². The molecule has 0 spiro atoms. The van der Waals surface area contributed by atoms with Gasteiger partial charge in [0.1, 0.15) is 58.9 Å². The molecule has 83 heavy (non-hydrogen) atoms. The highest BCUT2D eigenvalue weighted by atomic mass is 16.7. The van der Waals surface area contributed by atoms with Crippen LogP contribution in [-0.4, -0.2) is 190 Å². The van der Waals surface area contributed by atoms with E-state index in [1.54, 1.807) is 16.3 Å². The van der Waals surface area contributed by atoms with E-state index in [-0.39, 0.29) is 68.8 Å². The van der Waals surface area contributed by atoms with Crippen LogP contribution in [0.4, 0.5) is 0 Å². The fourth-order valence-electron chi connectivity index (χ4n) is 13.0. The SMILES string of the molecule is COc1cccc2c1C(=O)c1c(O)c3c(c(O)c1C2=O)C[C@@](O)(C(=O)CO)C[C@@H]3OC1CC(NN(C2CC(O[C@H]3C[C@](O)(C(=O)CO)Cc4c(O)c5c(c(O)c43)C(=O)c3c(OC)cccc3C5=O)OC(C)C2O)N2C=CCC2)C(O)C(C)O1. The predicted molar refractivity (Wildman–Crippen MR) is 281 cm³/mol. The monoisotopic (exact) mass is 1150 g/mol. The first-order valence-corrected chi connectivity index (χ1v) is 26.9. The molecule has 4 aromatic rings. The Balaban J connectivity index is 0.910. The summed E-state index contributed by atoms with van der Waals surface area (Å²) in [5.74, 6) is -8.86. The van der Waals surface area contributed by atoms with Crippen LogP contribution in [0.3, 0.4) is 0 Å². The second-order valence-electron chi connectivity index (χ2n) is 22.0. The Morgan fingerprint density at radius 1 is 0.651 bits per heavy atom. The van der Waals surface area contributed by atoms with Crippen LogP contribution in [0.25, 0.3) is 0 Å². The van der Waals surface area contributed by atoms with Crippen LogP contribution in [0.1, 0.15) is 144 Å². The van der Waals surface area contributed by atoms with Gasteiger partial charge in [-0.2, -0.15) is 5.12 Å². The summed E-state index contributed by atoms with van der Waals surface area (Å²) in [4.78, 5) is 83.5. The van der Waals surface area contributed by atoms with Crippen LogP contribution >= 0.6 is 0 Å². The summed E-state index contributed by atoms with van der Waals surface area (Å²) in [5.41, 5.74) is -5.74. The Morgan fingerprint density at radius 3 is 1.53 bits per heavy atom. The number of carbonyl (C=O) groups excluding carboxylic acids is 6. The third-order valence-corrected chi connectivity index (χ3v) is 17.2. The number of benzene rings is 4. The standard InChI is InChI=1S/C58H61N3O22/c1-23-47(66)29(15-37(80-23)82-33-19-57(76,35(64)21-62)17-27-41(33)55(74)45-43(51(27)70)49(68)25-9-7-11-31(78-3)39(25)53(45)72)59-61(60-13-5-6-14-60)30-16-38(81-24(2)48(30)67)83-34-20-58(77,36(65)22-63)18-28-42(34)56(75)46-44(52(28)71)50(69)26-10-8-12-32(79-4)40(26)54(46)73/h5,7-13,23-24,29-30,33-34,37-38,47-48,59,62-63,66-67,70-71,74-77H,6,14-22H2,1-4H3/t23?,24?,29?,30?,33-,34-,37?,38?,47?,48?,57-,58-/m0/s1. The molecular formula is C58H61N3O22. The van der Waals surface area contributed by atoms with Gasteiger partial charge in [0.15, 0.2) is 35.7 Å². The molecule has 4 aliphatic carbocycles. The molecule has 0 radical (unpaired) electrons. The first-order chi connectivity index (χ1) is 39.5. The average molecular weight is 1150 g/mol. The fourth-order valence-corrected chi connectivity index (χ4v) is 13.0. The third-order valence-electron chi connectivity index (χ3n) is 17.2. The Morgan fingerprint density at radius 2 is 1.10 bits per heavy atom. The molecular weight excluding hydrogens is 1090 g/mol. The molecule has 4 aromatic carbocycles. The fraction of sp³-hybridized carbons (Fsp3) is 0.448. The highest BCUT2D eigenvalue weighted by Crippen LogP contribution is 2.55. The number of ether oxygens (including phenoxy) is 6. The predicted octanol–water partition coefficient (Wildman–Crippen LogP) is 1.04. The van der Waals surface area contributed by atoms with Crippen molar-refractivity contribution < 1.29 is 108 Å². The molecule has 0 saturated carbocycles. The zero-order valence-corrected chi connectivity index (χ0v) is 45.2. The van der Waals surface area contributed by atoms with E-state index >= 15 is 0 Å². The zero-order chi connectivity index (χ0) is 59.5. The van der Waals surface area contributed by atoms with Crippen LogP contribution in [0.15, 0.2) is 48.7 Å². The number of Topliss-reactive ketones (excluding diaryl/α,β-unsaturated/α-hetero) is 2. The Bertz CT molecular complexity index is 3460. The number of aliphatic hydroxyl groups excluding tert-OH is 4. The second-order valence-corrected chi connectivity index (χ2v) is 22.0. The van der Waals surface area contributed by atoms with Crippen molar-refractivity contribution in [3.8, 4) is 34.5 Å². The van der Waals surface area contributed by atoms with Gasteiger partial charge in [0, 0.05) is 84.7 Å².